The minimum atomic E-state index is -0.878. The third kappa shape index (κ3) is 2.41. The van der Waals surface area contributed by atoms with Crippen molar-refractivity contribution in [1.82, 2.24) is 4.90 Å². The minimum absolute atomic E-state index is 0.0288. The highest BCUT2D eigenvalue weighted by molar-refractivity contribution is 5.97. The van der Waals surface area contributed by atoms with Gasteiger partial charge in [-0.3, -0.25) is 9.59 Å². The van der Waals surface area contributed by atoms with Gasteiger partial charge in [-0.1, -0.05) is 19.1 Å². The predicted molar refractivity (Wildman–Crippen MR) is 69.0 cm³/mol. The van der Waals surface area contributed by atoms with Crippen LogP contribution >= 0.6 is 0 Å². The number of benzene rings is 1. The molecule has 1 fully saturated rings. The van der Waals surface area contributed by atoms with Crippen LogP contribution in [0.25, 0.3) is 0 Å². The molecule has 0 unspecified atom stereocenters. The first kappa shape index (κ1) is 13.4. The van der Waals surface area contributed by atoms with Crippen LogP contribution in [0.1, 0.15) is 22.8 Å². The summed E-state index contributed by atoms with van der Waals surface area (Å²) in [7, 11) is 0. The van der Waals surface area contributed by atoms with Crippen molar-refractivity contribution in [1.29, 1.82) is 0 Å². The van der Waals surface area contributed by atoms with Gasteiger partial charge in [-0.15, -0.1) is 0 Å². The lowest BCUT2D eigenvalue weighted by Gasteiger charge is -2.17. The summed E-state index contributed by atoms with van der Waals surface area (Å²) in [6, 6.07) is 4.98. The molecule has 19 heavy (non-hydrogen) atoms. The molecule has 0 radical (unpaired) electrons. The van der Waals surface area contributed by atoms with Crippen LogP contribution in [-0.4, -0.2) is 40.1 Å². The molecule has 0 aliphatic carbocycles. The zero-order valence-corrected chi connectivity index (χ0v) is 11.0. The molecule has 1 aromatic rings. The molecule has 102 valence electrons. The fraction of sp³-hybridized carbons (Fsp3) is 0.429. The maximum absolute atomic E-state index is 12.3. The Hall–Kier alpha value is -2.04. The summed E-state index contributed by atoms with van der Waals surface area (Å²) in [5, 5.41) is 19.0. The van der Waals surface area contributed by atoms with Crippen molar-refractivity contribution in [3.8, 4) is 5.75 Å². The van der Waals surface area contributed by atoms with E-state index in [2.05, 4.69) is 0 Å². The molecule has 1 aliphatic rings. The molecule has 2 atom stereocenters. The lowest BCUT2D eigenvalue weighted by molar-refractivity contribution is -0.142. The molecule has 1 saturated heterocycles. The summed E-state index contributed by atoms with van der Waals surface area (Å²) >= 11 is 0. The van der Waals surface area contributed by atoms with E-state index in [0.717, 1.165) is 0 Å². The Balaban J connectivity index is 2.22. The van der Waals surface area contributed by atoms with Gasteiger partial charge < -0.3 is 15.1 Å². The Labute approximate surface area is 111 Å². The van der Waals surface area contributed by atoms with Crippen LogP contribution < -0.4 is 0 Å². The Morgan fingerprint density at radius 3 is 2.58 bits per heavy atom. The van der Waals surface area contributed by atoms with E-state index in [1.54, 1.807) is 25.1 Å². The van der Waals surface area contributed by atoms with Gasteiger partial charge in [-0.05, 0) is 24.5 Å². The molecule has 1 amide bonds. The summed E-state index contributed by atoms with van der Waals surface area (Å²) in [4.78, 5) is 24.9. The van der Waals surface area contributed by atoms with Gasteiger partial charge in [0.15, 0.2) is 0 Å². The molecule has 0 spiro atoms. The van der Waals surface area contributed by atoms with E-state index >= 15 is 0 Å². The zero-order valence-electron chi connectivity index (χ0n) is 11.0. The Morgan fingerprint density at radius 1 is 1.32 bits per heavy atom. The van der Waals surface area contributed by atoms with Crippen LogP contribution in [-0.2, 0) is 4.79 Å². The summed E-state index contributed by atoms with van der Waals surface area (Å²) in [6.45, 7) is 4.15. The second kappa shape index (κ2) is 4.91. The molecule has 1 heterocycles. The van der Waals surface area contributed by atoms with E-state index < -0.39 is 11.9 Å². The zero-order chi connectivity index (χ0) is 14.2. The molecule has 5 heteroatoms. The molecular weight excluding hydrogens is 246 g/mol. The standard InChI is InChI=1S/C14H17NO4/c1-8-4-3-5-10(12(8)16)13(17)15-6-9(2)11(7-15)14(18)19/h3-5,9,11,16H,6-7H2,1-2H3,(H,18,19)/t9-,11-/m1/s1. The summed E-state index contributed by atoms with van der Waals surface area (Å²) in [5.41, 5.74) is 0.867. The summed E-state index contributed by atoms with van der Waals surface area (Å²) in [5.74, 6) is -1.82. The lowest BCUT2D eigenvalue weighted by Crippen LogP contribution is -2.30. The first-order valence-corrected chi connectivity index (χ1v) is 6.22. The van der Waals surface area contributed by atoms with E-state index in [1.165, 1.54) is 4.90 Å². The van der Waals surface area contributed by atoms with Crippen LogP contribution in [0.4, 0.5) is 0 Å². The number of carbonyl (C=O) groups excluding carboxylic acids is 1. The van der Waals surface area contributed by atoms with Crippen LogP contribution in [0.5, 0.6) is 5.75 Å². The first-order chi connectivity index (χ1) is 8.91. The topological polar surface area (TPSA) is 77.8 Å². The van der Waals surface area contributed by atoms with Crippen LogP contribution in [0.3, 0.4) is 0 Å². The van der Waals surface area contributed by atoms with Gasteiger partial charge in [-0.25, -0.2) is 0 Å². The number of phenolic OH excluding ortho intramolecular Hbond substituents is 1. The number of hydrogen-bond donors (Lipinski definition) is 2. The van der Waals surface area contributed by atoms with Gasteiger partial charge in [-0.2, -0.15) is 0 Å². The SMILES string of the molecule is Cc1cccc(C(=O)N2C[C@@H](C)[C@H](C(=O)O)C2)c1O. The maximum Gasteiger partial charge on any atom is 0.308 e. The lowest BCUT2D eigenvalue weighted by atomic mass is 9.99. The number of carboxylic acid groups (broad SMARTS) is 1. The van der Waals surface area contributed by atoms with Crippen molar-refractivity contribution in [2.75, 3.05) is 13.1 Å². The van der Waals surface area contributed by atoms with Gasteiger partial charge in [0.05, 0.1) is 11.5 Å². The maximum atomic E-state index is 12.3. The molecule has 5 nitrogen and oxygen atoms in total. The number of carboxylic acids is 1. The number of aromatic hydroxyl groups is 1. The number of carbonyl (C=O) groups is 2. The van der Waals surface area contributed by atoms with Crippen molar-refractivity contribution >= 4 is 11.9 Å². The normalized spacial score (nSPS) is 22.5. The highest BCUT2D eigenvalue weighted by Crippen LogP contribution is 2.28. The highest BCUT2D eigenvalue weighted by Gasteiger charge is 2.37. The van der Waals surface area contributed by atoms with Crippen LogP contribution in [0.15, 0.2) is 18.2 Å². The first-order valence-electron chi connectivity index (χ1n) is 6.22. The average molecular weight is 263 g/mol. The summed E-state index contributed by atoms with van der Waals surface area (Å²) in [6.07, 6.45) is 0. The van der Waals surface area contributed by atoms with Crippen LogP contribution in [0, 0.1) is 18.8 Å². The van der Waals surface area contributed by atoms with Gasteiger partial charge in [0, 0.05) is 13.1 Å². The summed E-state index contributed by atoms with van der Waals surface area (Å²) < 4.78 is 0. The van der Waals surface area contributed by atoms with E-state index in [1.807, 2.05) is 6.92 Å². The number of hydrogen-bond acceptors (Lipinski definition) is 3. The Kier molecular flexibility index (Phi) is 3.46. The molecular formula is C14H17NO4. The third-order valence-electron chi connectivity index (χ3n) is 3.68. The van der Waals surface area contributed by atoms with E-state index in [4.69, 9.17) is 5.11 Å². The molecule has 1 aromatic carbocycles. The van der Waals surface area contributed by atoms with Crippen molar-refractivity contribution in [2.45, 2.75) is 13.8 Å². The highest BCUT2D eigenvalue weighted by atomic mass is 16.4. The monoisotopic (exact) mass is 263 g/mol. The smallest absolute Gasteiger partial charge is 0.308 e. The molecule has 0 bridgehead atoms. The number of nitrogens with zero attached hydrogens (tertiary/aromatic N) is 1. The van der Waals surface area contributed by atoms with Crippen LogP contribution in [0.2, 0.25) is 0 Å². The fourth-order valence-electron chi connectivity index (χ4n) is 2.46. The number of amides is 1. The van der Waals surface area contributed by atoms with Gasteiger partial charge in [0.2, 0.25) is 0 Å². The number of aliphatic carboxylic acids is 1. The molecule has 0 aromatic heterocycles. The average Bonchev–Trinajstić information content (AvgIpc) is 2.74. The molecule has 0 saturated carbocycles. The quantitative estimate of drug-likeness (QED) is 0.847. The van der Waals surface area contributed by atoms with Crippen molar-refractivity contribution in [2.24, 2.45) is 11.8 Å². The largest absolute Gasteiger partial charge is 0.507 e. The number of para-hydroxylation sites is 1. The van der Waals surface area contributed by atoms with Gasteiger partial charge in [0.25, 0.3) is 5.91 Å². The van der Waals surface area contributed by atoms with Crippen molar-refractivity contribution < 1.29 is 19.8 Å². The van der Waals surface area contributed by atoms with E-state index in [-0.39, 0.29) is 29.7 Å². The minimum Gasteiger partial charge on any atom is -0.507 e. The molecule has 1 aliphatic heterocycles. The van der Waals surface area contributed by atoms with Gasteiger partial charge >= 0.3 is 5.97 Å². The molecule has 2 N–H and O–H groups in total. The Morgan fingerprint density at radius 2 is 2.00 bits per heavy atom. The predicted octanol–water partition coefficient (Wildman–Crippen LogP) is 1.49. The second-order valence-electron chi connectivity index (χ2n) is 5.10. The number of phenols is 1. The van der Waals surface area contributed by atoms with Crippen molar-refractivity contribution in [3.05, 3.63) is 29.3 Å². The number of likely N-dealkylation sites (tertiary alicyclic amines) is 1. The second-order valence-corrected chi connectivity index (χ2v) is 5.10. The van der Waals surface area contributed by atoms with Crippen molar-refractivity contribution in [3.63, 3.8) is 0 Å². The molecule has 2 rings (SSSR count). The Bertz CT molecular complexity index is 526. The van der Waals surface area contributed by atoms with E-state index in [0.29, 0.717) is 12.1 Å². The number of aryl methyl sites for hydroxylation is 1. The third-order valence-corrected chi connectivity index (χ3v) is 3.68. The fourth-order valence-corrected chi connectivity index (χ4v) is 2.46. The van der Waals surface area contributed by atoms with E-state index in [9.17, 15) is 14.7 Å². The van der Waals surface area contributed by atoms with Gasteiger partial charge in [0.1, 0.15) is 5.75 Å². The number of rotatable bonds is 2.